The quantitative estimate of drug-likeness (QED) is 0.753. The Morgan fingerprint density at radius 2 is 1.78 bits per heavy atom. The third-order valence-electron chi connectivity index (χ3n) is 4.73. The second kappa shape index (κ2) is 7.76. The zero-order valence-corrected chi connectivity index (χ0v) is 15.5. The number of hydrogen-bond donors (Lipinski definition) is 1. The van der Waals surface area contributed by atoms with Crippen molar-refractivity contribution in [2.45, 2.75) is 19.5 Å². The highest BCUT2D eigenvalue weighted by Crippen LogP contribution is 2.22. The molecule has 0 radical (unpaired) electrons. The van der Waals surface area contributed by atoms with Crippen LogP contribution in [0.3, 0.4) is 0 Å². The van der Waals surface area contributed by atoms with E-state index in [1.165, 1.54) is 11.1 Å². The van der Waals surface area contributed by atoms with Crippen molar-refractivity contribution in [1.29, 1.82) is 0 Å². The maximum absolute atomic E-state index is 12.3. The Kier molecular flexibility index (Phi) is 5.03. The van der Waals surface area contributed by atoms with Crippen LogP contribution in [-0.4, -0.2) is 22.6 Å². The van der Waals surface area contributed by atoms with Gasteiger partial charge in [0.15, 0.2) is 11.5 Å². The molecule has 2 aromatic carbocycles. The zero-order valence-electron chi connectivity index (χ0n) is 14.7. The molecule has 3 aromatic rings. The standard InChI is InChI=1S/C21H19ClN4O/c22-18-8-4-3-6-16(18)13-23-21(27)19-9-10-20(25-24-19)26-12-11-15-5-1-2-7-17(15)14-26/h1-10H,11-14H2,(H,23,27). The van der Waals surface area contributed by atoms with E-state index < -0.39 is 0 Å². The maximum Gasteiger partial charge on any atom is 0.272 e. The molecule has 0 fully saturated rings. The molecule has 0 aliphatic carbocycles. The summed E-state index contributed by atoms with van der Waals surface area (Å²) in [6.45, 7) is 2.05. The lowest BCUT2D eigenvalue weighted by Gasteiger charge is -2.29. The van der Waals surface area contributed by atoms with Gasteiger partial charge in [-0.1, -0.05) is 54.1 Å². The number of rotatable bonds is 4. The van der Waals surface area contributed by atoms with Gasteiger partial charge in [0.2, 0.25) is 0 Å². The molecule has 1 aliphatic rings. The number of halogens is 1. The normalized spacial score (nSPS) is 13.1. The van der Waals surface area contributed by atoms with E-state index in [-0.39, 0.29) is 5.91 Å². The average molecular weight is 379 g/mol. The molecular formula is C21H19ClN4O. The topological polar surface area (TPSA) is 58.1 Å². The first-order chi connectivity index (χ1) is 13.2. The summed E-state index contributed by atoms with van der Waals surface area (Å²) in [5, 5.41) is 11.8. The molecule has 1 N–H and O–H groups in total. The van der Waals surface area contributed by atoms with Gasteiger partial charge in [-0.15, -0.1) is 10.2 Å². The van der Waals surface area contributed by atoms with E-state index in [0.717, 1.165) is 30.9 Å². The SMILES string of the molecule is O=C(NCc1ccccc1Cl)c1ccc(N2CCc3ccccc3C2)nn1. The molecule has 0 spiro atoms. The van der Waals surface area contributed by atoms with Crippen LogP contribution in [0.4, 0.5) is 5.82 Å². The molecule has 1 aromatic heterocycles. The number of anilines is 1. The van der Waals surface area contributed by atoms with E-state index in [4.69, 9.17) is 11.6 Å². The molecule has 5 nitrogen and oxygen atoms in total. The number of nitrogens with one attached hydrogen (secondary N) is 1. The highest BCUT2D eigenvalue weighted by atomic mass is 35.5. The summed E-state index contributed by atoms with van der Waals surface area (Å²) in [6.07, 6.45) is 0.984. The number of carbonyl (C=O) groups excluding carboxylic acids is 1. The number of nitrogens with zero attached hydrogens (tertiary/aromatic N) is 3. The van der Waals surface area contributed by atoms with E-state index in [2.05, 4.69) is 44.7 Å². The zero-order chi connectivity index (χ0) is 18.6. The minimum atomic E-state index is -0.266. The highest BCUT2D eigenvalue weighted by Gasteiger charge is 2.18. The van der Waals surface area contributed by atoms with Gasteiger partial charge in [0.1, 0.15) is 0 Å². The van der Waals surface area contributed by atoms with Crippen LogP contribution in [-0.2, 0) is 19.5 Å². The van der Waals surface area contributed by atoms with E-state index >= 15 is 0 Å². The molecule has 0 saturated heterocycles. The van der Waals surface area contributed by atoms with Crippen LogP contribution in [0.15, 0.2) is 60.7 Å². The molecule has 0 saturated carbocycles. The third kappa shape index (κ3) is 3.93. The van der Waals surface area contributed by atoms with Crippen LogP contribution in [0.5, 0.6) is 0 Å². The minimum Gasteiger partial charge on any atom is -0.350 e. The van der Waals surface area contributed by atoms with Crippen molar-refractivity contribution < 1.29 is 4.79 Å². The van der Waals surface area contributed by atoms with Gasteiger partial charge in [0.25, 0.3) is 5.91 Å². The second-order valence-electron chi connectivity index (χ2n) is 6.49. The van der Waals surface area contributed by atoms with Crippen molar-refractivity contribution in [3.8, 4) is 0 Å². The molecule has 6 heteroatoms. The third-order valence-corrected chi connectivity index (χ3v) is 5.10. The van der Waals surface area contributed by atoms with Crippen molar-refractivity contribution in [2.75, 3.05) is 11.4 Å². The lowest BCUT2D eigenvalue weighted by molar-refractivity contribution is 0.0945. The smallest absolute Gasteiger partial charge is 0.272 e. The molecule has 1 aliphatic heterocycles. The Morgan fingerprint density at radius 3 is 2.56 bits per heavy atom. The Bertz CT molecular complexity index is 958. The van der Waals surface area contributed by atoms with Crippen LogP contribution in [0.1, 0.15) is 27.2 Å². The molecule has 136 valence electrons. The fraction of sp³-hybridized carbons (Fsp3) is 0.190. The first-order valence-electron chi connectivity index (χ1n) is 8.88. The number of aromatic nitrogens is 2. The fourth-order valence-corrected chi connectivity index (χ4v) is 3.42. The van der Waals surface area contributed by atoms with Crippen molar-refractivity contribution in [3.63, 3.8) is 0 Å². The molecule has 0 unspecified atom stereocenters. The number of hydrogen-bond acceptors (Lipinski definition) is 4. The van der Waals surface area contributed by atoms with Crippen LogP contribution in [0, 0.1) is 0 Å². The number of fused-ring (bicyclic) bond motifs is 1. The molecular weight excluding hydrogens is 360 g/mol. The Balaban J connectivity index is 1.40. The molecule has 0 bridgehead atoms. The Labute approximate surface area is 163 Å². The first-order valence-corrected chi connectivity index (χ1v) is 9.25. The Hall–Kier alpha value is -2.92. The van der Waals surface area contributed by atoms with Gasteiger partial charge in [0.05, 0.1) is 0 Å². The van der Waals surface area contributed by atoms with E-state index in [0.29, 0.717) is 17.3 Å². The lowest BCUT2D eigenvalue weighted by atomic mass is 10.00. The van der Waals surface area contributed by atoms with Gasteiger partial charge in [0, 0.05) is 24.7 Å². The van der Waals surface area contributed by atoms with Crippen molar-refractivity contribution >= 4 is 23.3 Å². The molecule has 2 heterocycles. The predicted molar refractivity (Wildman–Crippen MR) is 106 cm³/mol. The van der Waals surface area contributed by atoms with Gasteiger partial charge >= 0.3 is 0 Å². The molecule has 4 rings (SSSR count). The molecule has 0 atom stereocenters. The summed E-state index contributed by atoms with van der Waals surface area (Å²) < 4.78 is 0. The van der Waals surface area contributed by atoms with Crippen LogP contribution in [0.2, 0.25) is 5.02 Å². The van der Waals surface area contributed by atoms with Gasteiger partial charge in [-0.3, -0.25) is 4.79 Å². The minimum absolute atomic E-state index is 0.266. The monoisotopic (exact) mass is 378 g/mol. The van der Waals surface area contributed by atoms with E-state index in [1.54, 1.807) is 12.1 Å². The van der Waals surface area contributed by atoms with Crippen molar-refractivity contribution in [3.05, 3.63) is 88.1 Å². The van der Waals surface area contributed by atoms with Gasteiger partial charge < -0.3 is 10.2 Å². The summed E-state index contributed by atoms with van der Waals surface area (Å²) in [5.74, 6) is 0.519. The van der Waals surface area contributed by atoms with Gasteiger partial charge in [-0.25, -0.2) is 0 Å². The van der Waals surface area contributed by atoms with Gasteiger partial charge in [-0.2, -0.15) is 0 Å². The highest BCUT2D eigenvalue weighted by molar-refractivity contribution is 6.31. The number of carbonyl (C=O) groups is 1. The predicted octanol–water partition coefficient (Wildman–Crippen LogP) is 3.62. The van der Waals surface area contributed by atoms with Crippen LogP contribution in [0.25, 0.3) is 0 Å². The first kappa shape index (κ1) is 17.5. The van der Waals surface area contributed by atoms with Crippen LogP contribution < -0.4 is 10.2 Å². The molecule has 1 amide bonds. The fourth-order valence-electron chi connectivity index (χ4n) is 3.21. The van der Waals surface area contributed by atoms with Gasteiger partial charge in [-0.05, 0) is 41.3 Å². The van der Waals surface area contributed by atoms with Crippen LogP contribution >= 0.6 is 11.6 Å². The second-order valence-corrected chi connectivity index (χ2v) is 6.90. The van der Waals surface area contributed by atoms with Crippen molar-refractivity contribution in [1.82, 2.24) is 15.5 Å². The summed E-state index contributed by atoms with van der Waals surface area (Å²) in [4.78, 5) is 14.5. The largest absolute Gasteiger partial charge is 0.350 e. The molecule has 27 heavy (non-hydrogen) atoms. The van der Waals surface area contributed by atoms with Crippen molar-refractivity contribution in [2.24, 2.45) is 0 Å². The summed E-state index contributed by atoms with van der Waals surface area (Å²) in [6, 6.07) is 19.4. The maximum atomic E-state index is 12.3. The summed E-state index contributed by atoms with van der Waals surface area (Å²) >= 11 is 6.11. The summed E-state index contributed by atoms with van der Waals surface area (Å²) in [5.41, 5.74) is 3.86. The van der Waals surface area contributed by atoms with E-state index in [9.17, 15) is 4.79 Å². The number of amides is 1. The Morgan fingerprint density at radius 1 is 1.00 bits per heavy atom. The number of benzene rings is 2. The lowest BCUT2D eigenvalue weighted by Crippen LogP contribution is -2.31. The summed E-state index contributed by atoms with van der Waals surface area (Å²) in [7, 11) is 0. The average Bonchev–Trinajstić information content (AvgIpc) is 2.73. The van der Waals surface area contributed by atoms with E-state index in [1.807, 2.05) is 24.3 Å².